The third-order valence-corrected chi connectivity index (χ3v) is 6.80. The van der Waals surface area contributed by atoms with Gasteiger partial charge >= 0.3 is 0 Å². The second-order valence-electron chi connectivity index (χ2n) is 9.75. The van der Waals surface area contributed by atoms with Crippen LogP contribution < -0.4 is 5.73 Å². The minimum absolute atomic E-state index is 0.0266. The zero-order valence-electron chi connectivity index (χ0n) is 20.3. The molecule has 192 valence electrons. The summed E-state index contributed by atoms with van der Waals surface area (Å²) < 4.78 is 5.63. The predicted octanol–water partition coefficient (Wildman–Crippen LogP) is 2.78. The van der Waals surface area contributed by atoms with Gasteiger partial charge in [0.25, 0.3) is 0 Å². The lowest BCUT2D eigenvalue weighted by Gasteiger charge is -2.29. The summed E-state index contributed by atoms with van der Waals surface area (Å²) >= 11 is 0. The van der Waals surface area contributed by atoms with Gasteiger partial charge in [0, 0.05) is 0 Å². The summed E-state index contributed by atoms with van der Waals surface area (Å²) in [6.45, 7) is 2.22. The number of aliphatic hydroxyl groups is 5. The van der Waals surface area contributed by atoms with Gasteiger partial charge in [-0.2, -0.15) is 0 Å². The van der Waals surface area contributed by atoms with Gasteiger partial charge in [0.15, 0.2) is 0 Å². The molecule has 7 N–H and O–H groups in total. The summed E-state index contributed by atoms with van der Waals surface area (Å²) in [5.41, 5.74) is 5.99. The van der Waals surface area contributed by atoms with Gasteiger partial charge in [0.1, 0.15) is 12.2 Å². The second-order valence-corrected chi connectivity index (χ2v) is 9.75. The lowest BCUT2D eigenvalue weighted by atomic mass is 9.99. The highest BCUT2D eigenvalue weighted by Gasteiger charge is 2.35. The van der Waals surface area contributed by atoms with Gasteiger partial charge in [-0.25, -0.2) is 0 Å². The molecule has 0 heterocycles. The molecule has 0 aromatic carbocycles. The van der Waals surface area contributed by atoms with E-state index in [4.69, 9.17) is 10.5 Å². The Morgan fingerprint density at radius 1 is 0.781 bits per heavy atom. The molecule has 1 rings (SSSR count). The molecule has 7 atom stereocenters. The smallest absolute Gasteiger partial charge is 0.108 e. The fourth-order valence-corrected chi connectivity index (χ4v) is 4.48. The van der Waals surface area contributed by atoms with Crippen molar-refractivity contribution >= 4 is 0 Å². The van der Waals surface area contributed by atoms with Gasteiger partial charge in [-0.15, -0.1) is 0 Å². The van der Waals surface area contributed by atoms with E-state index in [0.717, 1.165) is 19.3 Å². The Bertz CT molecular complexity index is 441. The zero-order chi connectivity index (χ0) is 23.8. The lowest BCUT2D eigenvalue weighted by molar-refractivity contribution is -0.121. The number of nitrogens with two attached hydrogens (primary N) is 1. The number of ether oxygens (including phenoxy) is 1. The summed E-state index contributed by atoms with van der Waals surface area (Å²) in [6, 6.07) is -0.778. The average molecular weight is 462 g/mol. The molecule has 0 radical (unpaired) electrons. The molecule has 0 unspecified atom stereocenters. The van der Waals surface area contributed by atoms with E-state index in [-0.39, 0.29) is 6.61 Å². The van der Waals surface area contributed by atoms with Crippen molar-refractivity contribution in [2.45, 2.75) is 152 Å². The van der Waals surface area contributed by atoms with E-state index >= 15 is 0 Å². The number of hydrogen-bond acceptors (Lipinski definition) is 7. The van der Waals surface area contributed by atoms with Crippen LogP contribution in [-0.2, 0) is 4.74 Å². The Morgan fingerprint density at radius 3 is 1.88 bits per heavy atom. The van der Waals surface area contributed by atoms with Gasteiger partial charge < -0.3 is 36.0 Å². The topological polar surface area (TPSA) is 136 Å². The monoisotopic (exact) mass is 461 g/mol. The zero-order valence-corrected chi connectivity index (χ0v) is 20.3. The molecule has 0 aromatic rings. The maximum absolute atomic E-state index is 10.3. The molecule has 1 saturated carbocycles. The van der Waals surface area contributed by atoms with Gasteiger partial charge in [-0.1, -0.05) is 84.0 Å². The van der Waals surface area contributed by atoms with Crippen LogP contribution in [-0.4, -0.2) is 74.8 Å². The Morgan fingerprint density at radius 2 is 1.31 bits per heavy atom. The average Bonchev–Trinajstić information content (AvgIpc) is 2.90. The highest BCUT2D eigenvalue weighted by atomic mass is 16.5. The van der Waals surface area contributed by atoms with Gasteiger partial charge in [0.2, 0.25) is 0 Å². The second kappa shape index (κ2) is 18.1. The molecule has 0 saturated heterocycles. The number of rotatable bonds is 18. The Labute approximate surface area is 195 Å². The quantitative estimate of drug-likeness (QED) is 0.136. The first-order chi connectivity index (χ1) is 15.4. The van der Waals surface area contributed by atoms with Crippen LogP contribution in [0.3, 0.4) is 0 Å². The van der Waals surface area contributed by atoms with Crippen molar-refractivity contribution in [1.82, 2.24) is 0 Å². The van der Waals surface area contributed by atoms with Crippen LogP contribution in [0, 0.1) is 0 Å². The lowest BCUT2D eigenvalue weighted by Crippen LogP contribution is -2.49. The van der Waals surface area contributed by atoms with E-state index < -0.39 is 42.7 Å². The summed E-state index contributed by atoms with van der Waals surface area (Å²) in [7, 11) is 0. The highest BCUT2D eigenvalue weighted by Crippen LogP contribution is 2.22. The van der Waals surface area contributed by atoms with Crippen molar-refractivity contribution in [3.05, 3.63) is 0 Å². The fraction of sp³-hybridized carbons (Fsp3) is 1.00. The van der Waals surface area contributed by atoms with Crippen molar-refractivity contribution in [2.24, 2.45) is 5.73 Å². The normalized spacial score (nSPS) is 27.1. The highest BCUT2D eigenvalue weighted by molar-refractivity contribution is 4.87. The van der Waals surface area contributed by atoms with E-state index in [9.17, 15) is 25.5 Å². The summed E-state index contributed by atoms with van der Waals surface area (Å²) in [5, 5.41) is 50.3. The Hall–Kier alpha value is -0.280. The van der Waals surface area contributed by atoms with Crippen molar-refractivity contribution in [3.8, 4) is 0 Å². The molecule has 1 aliphatic carbocycles. The SMILES string of the molecule is CCCCCCCCCCCCCC[C@H](O)[C@H](O)[C@H](N)CO[C@@H]1CCC[C@H](O)[C@H](O)[C@H]1O. The van der Waals surface area contributed by atoms with Crippen LogP contribution >= 0.6 is 0 Å². The van der Waals surface area contributed by atoms with Crippen LogP contribution in [0.4, 0.5) is 0 Å². The van der Waals surface area contributed by atoms with E-state index in [1.54, 1.807) is 0 Å². The van der Waals surface area contributed by atoms with Crippen LogP contribution in [0.25, 0.3) is 0 Å². The molecule has 0 aromatic heterocycles. The standard InChI is InChI=1S/C25H51NO6/c1-2-3-4-5-6-7-8-9-10-11-12-13-15-20(27)23(29)19(26)18-32-22-17-14-16-21(28)24(30)25(22)31/h19-25,27-31H,2-18,26H2,1H3/t19-,20+,21+,22-,23-,24+,25+/m1/s1. The van der Waals surface area contributed by atoms with E-state index in [2.05, 4.69) is 6.92 Å². The first kappa shape index (κ1) is 29.8. The van der Waals surface area contributed by atoms with Crippen LogP contribution in [0.15, 0.2) is 0 Å². The Kier molecular flexibility index (Phi) is 16.8. The van der Waals surface area contributed by atoms with Crippen molar-refractivity contribution < 1.29 is 30.3 Å². The maximum Gasteiger partial charge on any atom is 0.108 e. The van der Waals surface area contributed by atoms with E-state index in [1.165, 1.54) is 57.8 Å². The van der Waals surface area contributed by atoms with Gasteiger partial charge in [0.05, 0.1) is 37.1 Å². The van der Waals surface area contributed by atoms with Crippen molar-refractivity contribution in [1.29, 1.82) is 0 Å². The molecular formula is C25H51NO6. The minimum atomic E-state index is -1.25. The molecule has 0 bridgehead atoms. The molecule has 7 nitrogen and oxygen atoms in total. The number of aliphatic hydroxyl groups excluding tert-OH is 5. The molecular weight excluding hydrogens is 410 g/mol. The molecule has 7 heteroatoms. The largest absolute Gasteiger partial charge is 0.390 e. The molecule has 32 heavy (non-hydrogen) atoms. The molecule has 0 aliphatic heterocycles. The van der Waals surface area contributed by atoms with Crippen molar-refractivity contribution in [3.63, 3.8) is 0 Å². The van der Waals surface area contributed by atoms with Gasteiger partial charge in [-0.05, 0) is 25.7 Å². The van der Waals surface area contributed by atoms with Crippen LogP contribution in [0.1, 0.15) is 110 Å². The molecule has 1 fully saturated rings. The van der Waals surface area contributed by atoms with Crippen LogP contribution in [0.2, 0.25) is 0 Å². The summed E-state index contributed by atoms with van der Waals surface area (Å²) in [4.78, 5) is 0. The molecule has 1 aliphatic rings. The van der Waals surface area contributed by atoms with Gasteiger partial charge in [-0.3, -0.25) is 0 Å². The number of hydrogen-bond donors (Lipinski definition) is 6. The third-order valence-electron chi connectivity index (χ3n) is 6.80. The molecule has 0 spiro atoms. The fourth-order valence-electron chi connectivity index (χ4n) is 4.48. The summed E-state index contributed by atoms with van der Waals surface area (Å²) in [5.74, 6) is 0. The Balaban J connectivity index is 2.08. The first-order valence-electron chi connectivity index (χ1n) is 13.2. The first-order valence-corrected chi connectivity index (χ1v) is 13.2. The minimum Gasteiger partial charge on any atom is -0.390 e. The third kappa shape index (κ3) is 12.3. The van der Waals surface area contributed by atoms with Crippen molar-refractivity contribution in [2.75, 3.05) is 6.61 Å². The predicted molar refractivity (Wildman–Crippen MR) is 127 cm³/mol. The van der Waals surface area contributed by atoms with Crippen LogP contribution in [0.5, 0.6) is 0 Å². The van der Waals surface area contributed by atoms with E-state index in [0.29, 0.717) is 25.7 Å². The summed E-state index contributed by atoms with van der Waals surface area (Å²) in [6.07, 6.45) is 11.0. The maximum atomic E-state index is 10.3. The molecule has 0 amide bonds. The van der Waals surface area contributed by atoms with E-state index in [1.807, 2.05) is 0 Å². The number of unbranched alkanes of at least 4 members (excludes halogenated alkanes) is 11.